The number of aliphatic hydroxyl groups excluding tert-OH is 1. The molecule has 2 rings (SSSR count). The smallest absolute Gasteiger partial charge is 0.164 e. The lowest BCUT2D eigenvalue weighted by atomic mass is 10.1. The van der Waals surface area contributed by atoms with Gasteiger partial charge in [0.05, 0.1) is 0 Å². The molecule has 0 unspecified atom stereocenters. The second-order valence-electron chi connectivity index (χ2n) is 4.19. The minimum atomic E-state index is -1.16. The maximum absolute atomic E-state index is 13.4. The number of hydrogen-bond acceptors (Lipinski definition) is 3. The van der Waals surface area contributed by atoms with Gasteiger partial charge in [-0.15, -0.1) is 0 Å². The molecule has 0 bridgehead atoms. The summed E-state index contributed by atoms with van der Waals surface area (Å²) in [5.74, 6) is -1.20. The minimum Gasteiger partial charge on any atom is -0.383 e. The predicted molar refractivity (Wildman–Crippen MR) is 48.3 cm³/mol. The summed E-state index contributed by atoms with van der Waals surface area (Å²) >= 11 is 0. The van der Waals surface area contributed by atoms with Gasteiger partial charge in [0.15, 0.2) is 5.79 Å². The van der Waals surface area contributed by atoms with E-state index in [-0.39, 0.29) is 0 Å². The van der Waals surface area contributed by atoms with Crippen LogP contribution in [0.25, 0.3) is 0 Å². The molecule has 0 amide bonds. The fourth-order valence-electron chi connectivity index (χ4n) is 2.13. The van der Waals surface area contributed by atoms with Crippen LogP contribution in [0.15, 0.2) is 11.4 Å². The normalized spacial score (nSPS) is 40.5. The molecule has 0 aromatic heterocycles. The average molecular weight is 202 g/mol. The van der Waals surface area contributed by atoms with Gasteiger partial charge in [0.25, 0.3) is 0 Å². The monoisotopic (exact) mass is 202 g/mol. The largest absolute Gasteiger partial charge is 0.383 e. The van der Waals surface area contributed by atoms with E-state index in [2.05, 4.69) is 0 Å². The Bertz CT molecular complexity index is 285. The predicted octanol–water partition coefficient (Wildman–Crippen LogP) is 1.51. The molecule has 0 radical (unpaired) electrons. The molecule has 3 nitrogen and oxygen atoms in total. The Morgan fingerprint density at radius 3 is 2.64 bits per heavy atom. The van der Waals surface area contributed by atoms with Gasteiger partial charge in [0, 0.05) is 0 Å². The molecule has 4 heteroatoms. The molecule has 80 valence electrons. The average Bonchev–Trinajstić information content (AvgIpc) is 2.50. The third-order valence-electron chi connectivity index (χ3n) is 2.73. The maximum atomic E-state index is 13.4. The fraction of sp³-hybridized carbons (Fsp3) is 0.800. The highest BCUT2D eigenvalue weighted by molar-refractivity contribution is 5.29. The molecule has 1 saturated heterocycles. The molecule has 0 aromatic carbocycles. The zero-order chi connectivity index (χ0) is 10.5. The van der Waals surface area contributed by atoms with Gasteiger partial charge in [-0.3, -0.25) is 0 Å². The molecule has 2 aliphatic rings. The Morgan fingerprint density at radius 1 is 1.43 bits per heavy atom. The van der Waals surface area contributed by atoms with Gasteiger partial charge >= 0.3 is 0 Å². The van der Waals surface area contributed by atoms with E-state index < -0.39 is 29.9 Å². The fourth-order valence-corrected chi connectivity index (χ4v) is 2.13. The third-order valence-corrected chi connectivity index (χ3v) is 2.73. The van der Waals surface area contributed by atoms with Crippen molar-refractivity contribution in [1.29, 1.82) is 0 Å². The van der Waals surface area contributed by atoms with E-state index in [9.17, 15) is 9.50 Å². The number of ether oxygens (including phenoxy) is 2. The Balaban J connectivity index is 2.28. The summed E-state index contributed by atoms with van der Waals surface area (Å²) in [4.78, 5) is 0. The first kappa shape index (κ1) is 10.1. The summed E-state index contributed by atoms with van der Waals surface area (Å²) in [6.07, 6.45) is -1.59. The molecule has 3 atom stereocenters. The van der Waals surface area contributed by atoms with Gasteiger partial charge in [0.2, 0.25) is 0 Å². The van der Waals surface area contributed by atoms with E-state index in [1.807, 2.05) is 6.92 Å². The Hall–Kier alpha value is -0.450. The van der Waals surface area contributed by atoms with Crippen LogP contribution in [-0.2, 0) is 9.47 Å². The van der Waals surface area contributed by atoms with Crippen LogP contribution >= 0.6 is 0 Å². The molecule has 1 aliphatic heterocycles. The molecule has 14 heavy (non-hydrogen) atoms. The Kier molecular flexibility index (Phi) is 2.17. The van der Waals surface area contributed by atoms with E-state index >= 15 is 0 Å². The van der Waals surface area contributed by atoms with Gasteiger partial charge in [-0.1, -0.05) is 6.92 Å². The van der Waals surface area contributed by atoms with Crippen LogP contribution in [0, 0.1) is 0 Å². The topological polar surface area (TPSA) is 38.7 Å². The third kappa shape index (κ3) is 1.29. The van der Waals surface area contributed by atoms with Crippen molar-refractivity contribution in [2.75, 3.05) is 0 Å². The first-order valence-electron chi connectivity index (χ1n) is 4.88. The molecule has 1 aliphatic carbocycles. The second kappa shape index (κ2) is 3.02. The van der Waals surface area contributed by atoms with Gasteiger partial charge in [-0.05, 0) is 25.8 Å². The van der Waals surface area contributed by atoms with E-state index in [1.54, 1.807) is 13.8 Å². The summed E-state index contributed by atoms with van der Waals surface area (Å²) < 4.78 is 24.4. The lowest BCUT2D eigenvalue weighted by Gasteiger charge is -2.19. The quantitative estimate of drug-likeness (QED) is 0.700. The first-order valence-corrected chi connectivity index (χ1v) is 4.88. The van der Waals surface area contributed by atoms with Gasteiger partial charge in [-0.25, -0.2) is 4.39 Å². The lowest BCUT2D eigenvalue weighted by molar-refractivity contribution is -0.155. The van der Waals surface area contributed by atoms with Crippen LogP contribution in [-0.4, -0.2) is 29.2 Å². The molecule has 1 N–H and O–H groups in total. The van der Waals surface area contributed by atoms with Crippen LogP contribution in [0.4, 0.5) is 4.39 Å². The molecular formula is C10H15FO3. The van der Waals surface area contributed by atoms with E-state index in [0.717, 1.165) is 0 Å². The molecule has 1 heterocycles. The number of halogens is 1. The van der Waals surface area contributed by atoms with E-state index in [1.165, 1.54) is 0 Å². The first-order chi connectivity index (χ1) is 6.46. The van der Waals surface area contributed by atoms with Crippen molar-refractivity contribution in [3.05, 3.63) is 11.4 Å². The van der Waals surface area contributed by atoms with Crippen molar-refractivity contribution in [2.45, 2.75) is 51.3 Å². The molecule has 0 aromatic rings. The Morgan fingerprint density at radius 2 is 2.07 bits per heavy atom. The molecule has 1 fully saturated rings. The number of aliphatic hydroxyl groups is 1. The maximum Gasteiger partial charge on any atom is 0.164 e. The summed E-state index contributed by atoms with van der Waals surface area (Å²) in [6.45, 7) is 5.38. The van der Waals surface area contributed by atoms with Crippen molar-refractivity contribution >= 4 is 0 Å². The van der Waals surface area contributed by atoms with Crippen LogP contribution in [0.2, 0.25) is 0 Å². The summed E-state index contributed by atoms with van der Waals surface area (Å²) in [7, 11) is 0. The lowest BCUT2D eigenvalue weighted by Crippen LogP contribution is -2.30. The van der Waals surface area contributed by atoms with Crippen LogP contribution < -0.4 is 0 Å². The van der Waals surface area contributed by atoms with Gasteiger partial charge < -0.3 is 14.6 Å². The highest BCUT2D eigenvalue weighted by Gasteiger charge is 2.52. The van der Waals surface area contributed by atoms with Gasteiger partial charge in [-0.2, -0.15) is 0 Å². The van der Waals surface area contributed by atoms with Crippen molar-refractivity contribution in [2.24, 2.45) is 0 Å². The van der Waals surface area contributed by atoms with E-state index in [4.69, 9.17) is 9.47 Å². The number of fused-ring (bicyclic) bond motifs is 1. The van der Waals surface area contributed by atoms with Crippen LogP contribution in [0.1, 0.15) is 27.2 Å². The Labute approximate surface area is 82.5 Å². The number of rotatable bonds is 1. The SMILES string of the molecule is CCC1=C(F)[C@H](O)[C@@H]2OC(C)(C)O[C@H]12. The van der Waals surface area contributed by atoms with Crippen LogP contribution in [0.5, 0.6) is 0 Å². The summed E-state index contributed by atoms with van der Waals surface area (Å²) in [6, 6.07) is 0. The second-order valence-corrected chi connectivity index (χ2v) is 4.19. The molecule has 0 spiro atoms. The van der Waals surface area contributed by atoms with Gasteiger partial charge in [0.1, 0.15) is 24.1 Å². The van der Waals surface area contributed by atoms with Crippen LogP contribution in [0.3, 0.4) is 0 Å². The van der Waals surface area contributed by atoms with Crippen molar-refractivity contribution in [1.82, 2.24) is 0 Å². The molecule has 0 saturated carbocycles. The van der Waals surface area contributed by atoms with E-state index in [0.29, 0.717) is 12.0 Å². The zero-order valence-corrected chi connectivity index (χ0v) is 8.58. The molecular weight excluding hydrogens is 187 g/mol. The van der Waals surface area contributed by atoms with Crippen molar-refractivity contribution in [3.8, 4) is 0 Å². The summed E-state index contributed by atoms with van der Waals surface area (Å²) in [5.41, 5.74) is 0.535. The number of hydrogen-bond donors (Lipinski definition) is 1. The van der Waals surface area contributed by atoms with Crippen molar-refractivity contribution < 1.29 is 19.0 Å². The minimum absolute atomic E-state index is 0.412. The zero-order valence-electron chi connectivity index (χ0n) is 8.58. The highest BCUT2D eigenvalue weighted by Crippen LogP contribution is 2.42. The highest BCUT2D eigenvalue weighted by atomic mass is 19.1. The standard InChI is InChI=1S/C10H15FO3/c1-4-5-6(11)7(12)9-8(5)13-10(2,3)14-9/h7-9,12H,4H2,1-3H3/t7-,8+,9-/m0/s1. The van der Waals surface area contributed by atoms with Crippen molar-refractivity contribution in [3.63, 3.8) is 0 Å². The summed E-state index contributed by atoms with van der Waals surface area (Å²) in [5, 5.41) is 9.56.